The third-order valence-corrected chi connectivity index (χ3v) is 3.28. The van der Waals surface area contributed by atoms with Gasteiger partial charge in [-0.1, -0.05) is 17.3 Å². The van der Waals surface area contributed by atoms with Gasteiger partial charge in [0.1, 0.15) is 11.1 Å². The number of likely N-dealkylation sites (N-methyl/N-ethyl adjacent to an activating group) is 1. The Bertz CT molecular complexity index is 602. The van der Waals surface area contributed by atoms with E-state index in [1.54, 1.807) is 4.68 Å². The summed E-state index contributed by atoms with van der Waals surface area (Å²) in [5, 5.41) is 11.2. The second-order valence-electron chi connectivity index (χ2n) is 5.61. The van der Waals surface area contributed by atoms with Gasteiger partial charge < -0.3 is 10.2 Å². The molecule has 1 amide bonds. The maximum Gasteiger partial charge on any atom is 0.247 e. The van der Waals surface area contributed by atoms with E-state index in [0.717, 1.165) is 17.6 Å². The van der Waals surface area contributed by atoms with Gasteiger partial charge in [0.05, 0.1) is 5.52 Å². The largest absolute Gasteiger partial charge is 0.353 e. The molecule has 20 heavy (non-hydrogen) atoms. The standard InChI is InChI=1S/C14H21N5O/c1-14(2,13(20)15-9-10-18(3)4)19-12-8-6-5-7-11(12)16-17-19/h5-8H,9-10H2,1-4H3,(H,15,20). The molecule has 0 saturated heterocycles. The normalized spacial score (nSPS) is 12.1. The van der Waals surface area contributed by atoms with E-state index < -0.39 is 5.54 Å². The van der Waals surface area contributed by atoms with Gasteiger partial charge in [0, 0.05) is 13.1 Å². The van der Waals surface area contributed by atoms with Crippen LogP contribution in [0.3, 0.4) is 0 Å². The molecular weight excluding hydrogens is 254 g/mol. The highest BCUT2D eigenvalue weighted by Crippen LogP contribution is 2.20. The van der Waals surface area contributed by atoms with Crippen LogP contribution in [0, 0.1) is 0 Å². The van der Waals surface area contributed by atoms with Crippen molar-refractivity contribution in [3.63, 3.8) is 0 Å². The Morgan fingerprint density at radius 2 is 2.05 bits per heavy atom. The van der Waals surface area contributed by atoms with Gasteiger partial charge in [0.25, 0.3) is 0 Å². The number of aromatic nitrogens is 3. The number of fused-ring (bicyclic) bond motifs is 1. The number of carbonyl (C=O) groups is 1. The van der Waals surface area contributed by atoms with Gasteiger partial charge in [-0.05, 0) is 40.1 Å². The first kappa shape index (κ1) is 14.5. The lowest BCUT2D eigenvalue weighted by Gasteiger charge is -2.24. The highest BCUT2D eigenvalue weighted by molar-refractivity contribution is 5.86. The lowest BCUT2D eigenvalue weighted by Crippen LogP contribution is -2.46. The molecule has 2 aromatic rings. The van der Waals surface area contributed by atoms with Crippen molar-refractivity contribution < 1.29 is 4.79 Å². The van der Waals surface area contributed by atoms with Crippen LogP contribution >= 0.6 is 0 Å². The molecule has 1 aromatic carbocycles. The lowest BCUT2D eigenvalue weighted by molar-refractivity contribution is -0.128. The molecule has 6 heteroatoms. The van der Waals surface area contributed by atoms with Crippen LogP contribution in [0.4, 0.5) is 0 Å². The highest BCUT2D eigenvalue weighted by atomic mass is 16.2. The number of nitrogens with zero attached hydrogens (tertiary/aromatic N) is 4. The zero-order valence-corrected chi connectivity index (χ0v) is 12.4. The van der Waals surface area contributed by atoms with Crippen molar-refractivity contribution in [2.45, 2.75) is 19.4 Å². The van der Waals surface area contributed by atoms with Gasteiger partial charge in [-0.15, -0.1) is 5.10 Å². The fourth-order valence-electron chi connectivity index (χ4n) is 1.99. The molecule has 1 heterocycles. The van der Waals surface area contributed by atoms with Gasteiger partial charge in [0.15, 0.2) is 0 Å². The summed E-state index contributed by atoms with van der Waals surface area (Å²) in [5.41, 5.74) is 0.879. The summed E-state index contributed by atoms with van der Waals surface area (Å²) in [6.07, 6.45) is 0. The maximum absolute atomic E-state index is 12.4. The molecule has 0 unspecified atom stereocenters. The fraction of sp³-hybridized carbons (Fsp3) is 0.500. The molecule has 1 N–H and O–H groups in total. The lowest BCUT2D eigenvalue weighted by atomic mass is 10.0. The van der Waals surface area contributed by atoms with Crippen LogP contribution in [0.2, 0.25) is 0 Å². The molecule has 0 bridgehead atoms. The van der Waals surface area contributed by atoms with Crippen molar-refractivity contribution in [1.29, 1.82) is 0 Å². The predicted octanol–water partition coefficient (Wildman–Crippen LogP) is 0.844. The Morgan fingerprint density at radius 3 is 2.75 bits per heavy atom. The number of hydrogen-bond acceptors (Lipinski definition) is 4. The third-order valence-electron chi connectivity index (χ3n) is 3.28. The first-order valence-electron chi connectivity index (χ1n) is 6.67. The molecule has 1 aromatic heterocycles. The summed E-state index contributed by atoms with van der Waals surface area (Å²) in [7, 11) is 3.95. The van der Waals surface area contributed by atoms with Crippen molar-refractivity contribution in [3.05, 3.63) is 24.3 Å². The number of benzene rings is 1. The molecule has 2 rings (SSSR count). The van der Waals surface area contributed by atoms with E-state index in [1.807, 2.05) is 57.1 Å². The molecule has 0 aliphatic rings. The van der Waals surface area contributed by atoms with Gasteiger partial charge >= 0.3 is 0 Å². The second kappa shape index (κ2) is 5.58. The topological polar surface area (TPSA) is 63.1 Å². The summed E-state index contributed by atoms with van der Waals surface area (Å²) < 4.78 is 1.67. The van der Waals surface area contributed by atoms with Crippen LogP contribution in [0.5, 0.6) is 0 Å². The van der Waals surface area contributed by atoms with Crippen LogP contribution in [0.1, 0.15) is 13.8 Å². The minimum absolute atomic E-state index is 0.0602. The Labute approximate surface area is 118 Å². The maximum atomic E-state index is 12.4. The monoisotopic (exact) mass is 275 g/mol. The quantitative estimate of drug-likeness (QED) is 0.878. The van der Waals surface area contributed by atoms with E-state index in [9.17, 15) is 4.79 Å². The van der Waals surface area contributed by atoms with Crippen molar-refractivity contribution >= 4 is 16.9 Å². The fourth-order valence-corrected chi connectivity index (χ4v) is 1.99. The molecule has 108 valence electrons. The van der Waals surface area contributed by atoms with Crippen LogP contribution in [0.15, 0.2) is 24.3 Å². The zero-order valence-electron chi connectivity index (χ0n) is 12.4. The van der Waals surface area contributed by atoms with Crippen LogP contribution in [0.25, 0.3) is 11.0 Å². The summed E-state index contributed by atoms with van der Waals surface area (Å²) in [6.45, 7) is 5.11. The molecule has 0 aliphatic carbocycles. The molecule has 0 spiro atoms. The average molecular weight is 275 g/mol. The van der Waals surface area contributed by atoms with E-state index in [0.29, 0.717) is 6.54 Å². The van der Waals surface area contributed by atoms with Crippen molar-refractivity contribution in [2.75, 3.05) is 27.2 Å². The van der Waals surface area contributed by atoms with E-state index in [-0.39, 0.29) is 5.91 Å². The second-order valence-corrected chi connectivity index (χ2v) is 5.61. The highest BCUT2D eigenvalue weighted by Gasteiger charge is 2.32. The number of amides is 1. The van der Waals surface area contributed by atoms with E-state index >= 15 is 0 Å². The van der Waals surface area contributed by atoms with E-state index in [4.69, 9.17) is 0 Å². The first-order chi connectivity index (χ1) is 9.43. The Hall–Kier alpha value is -1.95. The third kappa shape index (κ3) is 2.80. The summed E-state index contributed by atoms with van der Waals surface area (Å²) >= 11 is 0. The van der Waals surface area contributed by atoms with Crippen molar-refractivity contribution in [3.8, 4) is 0 Å². The van der Waals surface area contributed by atoms with Gasteiger partial charge in [-0.3, -0.25) is 4.79 Å². The summed E-state index contributed by atoms with van der Waals surface area (Å²) in [6, 6.07) is 7.64. The zero-order chi connectivity index (χ0) is 14.8. The van der Waals surface area contributed by atoms with Gasteiger partial charge in [-0.2, -0.15) is 0 Å². The Morgan fingerprint density at radius 1 is 1.35 bits per heavy atom. The van der Waals surface area contributed by atoms with Gasteiger partial charge in [0.2, 0.25) is 5.91 Å². The van der Waals surface area contributed by atoms with Crippen LogP contribution in [-0.4, -0.2) is 53.0 Å². The summed E-state index contributed by atoms with van der Waals surface area (Å²) in [5.74, 6) is -0.0602. The van der Waals surface area contributed by atoms with Crippen molar-refractivity contribution in [1.82, 2.24) is 25.2 Å². The number of carbonyl (C=O) groups excluding carboxylic acids is 1. The molecule has 0 radical (unpaired) electrons. The molecule has 0 saturated carbocycles. The number of para-hydroxylation sites is 1. The number of nitrogens with one attached hydrogen (secondary N) is 1. The summed E-state index contributed by atoms with van der Waals surface area (Å²) in [4.78, 5) is 14.4. The minimum atomic E-state index is -0.775. The molecular formula is C14H21N5O. The molecule has 0 fully saturated rings. The van der Waals surface area contributed by atoms with E-state index in [1.165, 1.54) is 0 Å². The predicted molar refractivity (Wildman–Crippen MR) is 78.4 cm³/mol. The first-order valence-corrected chi connectivity index (χ1v) is 6.67. The molecule has 0 atom stereocenters. The van der Waals surface area contributed by atoms with Crippen LogP contribution < -0.4 is 5.32 Å². The molecule has 6 nitrogen and oxygen atoms in total. The van der Waals surface area contributed by atoms with E-state index in [2.05, 4.69) is 15.6 Å². The SMILES string of the molecule is CN(C)CCNC(=O)C(C)(C)n1nnc2ccccc21. The van der Waals surface area contributed by atoms with Gasteiger partial charge in [-0.25, -0.2) is 4.68 Å². The van der Waals surface area contributed by atoms with Crippen molar-refractivity contribution in [2.24, 2.45) is 0 Å². The van der Waals surface area contributed by atoms with Crippen LogP contribution in [-0.2, 0) is 10.3 Å². The number of rotatable bonds is 5. The Kier molecular flexibility index (Phi) is 4.04. The average Bonchev–Trinajstić information content (AvgIpc) is 2.82. The smallest absolute Gasteiger partial charge is 0.247 e. The molecule has 0 aliphatic heterocycles. The Balaban J connectivity index is 2.19. The number of hydrogen-bond donors (Lipinski definition) is 1. The minimum Gasteiger partial charge on any atom is -0.353 e.